The van der Waals surface area contributed by atoms with Gasteiger partial charge in [-0.1, -0.05) is 6.92 Å². The van der Waals surface area contributed by atoms with E-state index in [0.29, 0.717) is 0 Å². The van der Waals surface area contributed by atoms with E-state index >= 15 is 0 Å². The maximum absolute atomic E-state index is 5.62. The first-order valence-corrected chi connectivity index (χ1v) is 11.5. The number of morpholine rings is 1. The first-order chi connectivity index (χ1) is 14.2. The van der Waals surface area contributed by atoms with E-state index in [-0.39, 0.29) is 6.04 Å². The number of furan rings is 1. The number of anilines is 1. The van der Waals surface area contributed by atoms with Crippen LogP contribution in [-0.2, 0) is 24.1 Å². The van der Waals surface area contributed by atoms with Crippen LogP contribution in [0.4, 0.5) is 5.82 Å². The van der Waals surface area contributed by atoms with E-state index < -0.39 is 0 Å². The molecule has 0 amide bonds. The van der Waals surface area contributed by atoms with Crippen molar-refractivity contribution in [2.45, 2.75) is 45.7 Å². The van der Waals surface area contributed by atoms with Crippen LogP contribution in [0.2, 0.25) is 0 Å². The van der Waals surface area contributed by atoms with E-state index in [1.165, 1.54) is 27.1 Å². The molecule has 2 aliphatic rings. The molecule has 154 valence electrons. The summed E-state index contributed by atoms with van der Waals surface area (Å²) in [5, 5.41) is 4.87. The fourth-order valence-corrected chi connectivity index (χ4v) is 5.85. The molecule has 0 spiro atoms. The van der Waals surface area contributed by atoms with Crippen LogP contribution in [0.3, 0.4) is 0 Å². The summed E-state index contributed by atoms with van der Waals surface area (Å²) in [7, 11) is 0. The lowest BCUT2D eigenvalue weighted by Gasteiger charge is -2.23. The molecule has 1 aliphatic heterocycles. The average Bonchev–Trinajstić information content (AvgIpc) is 3.36. The largest absolute Gasteiger partial charge is 0.467 e. The van der Waals surface area contributed by atoms with Crippen LogP contribution in [0.5, 0.6) is 0 Å². The minimum atomic E-state index is 0.0600. The molecular formula is C22H29N4O2S+. The number of rotatable bonds is 5. The molecule has 0 radical (unpaired) electrons. The Hall–Kier alpha value is -1.96. The summed E-state index contributed by atoms with van der Waals surface area (Å²) in [6.07, 6.45) is 5.25. The summed E-state index contributed by atoms with van der Waals surface area (Å²) in [6, 6.07) is 4.01. The Morgan fingerprint density at radius 1 is 1.31 bits per heavy atom. The van der Waals surface area contributed by atoms with Gasteiger partial charge in [-0.2, -0.15) is 0 Å². The molecular weight excluding hydrogens is 384 g/mol. The molecule has 4 heterocycles. The van der Waals surface area contributed by atoms with E-state index in [4.69, 9.17) is 19.1 Å². The fourth-order valence-electron chi connectivity index (χ4n) is 4.44. The van der Waals surface area contributed by atoms with Gasteiger partial charge < -0.3 is 19.4 Å². The third-order valence-corrected chi connectivity index (χ3v) is 7.28. The molecule has 5 rings (SSSR count). The van der Waals surface area contributed by atoms with Gasteiger partial charge >= 0.3 is 0 Å². The summed E-state index contributed by atoms with van der Waals surface area (Å²) in [5.74, 6) is 3.57. The second-order valence-corrected chi connectivity index (χ2v) is 9.52. The number of hydrogen-bond donors (Lipinski definition) is 2. The predicted molar refractivity (Wildman–Crippen MR) is 115 cm³/mol. The van der Waals surface area contributed by atoms with Gasteiger partial charge in [-0.25, -0.2) is 9.97 Å². The molecule has 7 heteroatoms. The van der Waals surface area contributed by atoms with Crippen LogP contribution >= 0.6 is 11.3 Å². The van der Waals surface area contributed by atoms with Gasteiger partial charge in [0.15, 0.2) is 5.82 Å². The average molecular weight is 414 g/mol. The highest BCUT2D eigenvalue weighted by molar-refractivity contribution is 7.19. The highest BCUT2D eigenvalue weighted by Crippen LogP contribution is 2.40. The van der Waals surface area contributed by atoms with E-state index in [0.717, 1.165) is 73.8 Å². The van der Waals surface area contributed by atoms with Gasteiger partial charge in [-0.3, -0.25) is 0 Å². The zero-order chi connectivity index (χ0) is 19.8. The molecule has 29 heavy (non-hydrogen) atoms. The first-order valence-electron chi connectivity index (χ1n) is 10.7. The Labute approximate surface area is 175 Å². The summed E-state index contributed by atoms with van der Waals surface area (Å²) in [5.41, 5.74) is 1.46. The Bertz CT molecular complexity index is 979. The number of aryl methyl sites for hydroxylation is 1. The van der Waals surface area contributed by atoms with Crippen molar-refractivity contribution >= 4 is 27.4 Å². The van der Waals surface area contributed by atoms with Crippen molar-refractivity contribution in [3.63, 3.8) is 0 Å². The molecule has 0 unspecified atom stereocenters. The van der Waals surface area contributed by atoms with Gasteiger partial charge in [0, 0.05) is 4.88 Å². The Balaban J connectivity index is 1.53. The zero-order valence-electron chi connectivity index (χ0n) is 17.2. The third-order valence-electron chi connectivity index (χ3n) is 6.13. The van der Waals surface area contributed by atoms with Crippen molar-refractivity contribution in [3.05, 3.63) is 40.4 Å². The Morgan fingerprint density at radius 2 is 2.17 bits per heavy atom. The number of quaternary nitrogens is 1. The predicted octanol–water partition coefficient (Wildman–Crippen LogP) is 3.00. The molecule has 0 aromatic carbocycles. The van der Waals surface area contributed by atoms with Gasteiger partial charge in [-0.15, -0.1) is 11.3 Å². The molecule has 1 aliphatic carbocycles. The first kappa shape index (κ1) is 19.0. The molecule has 0 bridgehead atoms. The minimum Gasteiger partial charge on any atom is -0.467 e. The van der Waals surface area contributed by atoms with Gasteiger partial charge in [-0.05, 0) is 49.8 Å². The lowest BCUT2D eigenvalue weighted by Crippen LogP contribution is -3.12. The number of nitrogens with zero attached hydrogens (tertiary/aromatic N) is 2. The standard InChI is InChI=1S/C22H28N4O2S/c1-14-5-6-16-18(12-14)29-22-20(16)21(23-15(2)17-4-3-9-28-17)24-19(25-22)13-26-7-10-27-11-8-26/h3-4,9,14-15H,5-8,10-13H2,1-2H3,(H,23,24,25)/p+1/t14-,15-/m1/s1. The maximum atomic E-state index is 5.62. The number of nitrogens with one attached hydrogen (secondary N) is 2. The molecule has 6 nitrogen and oxygen atoms in total. The van der Waals surface area contributed by atoms with E-state index in [2.05, 4.69) is 19.2 Å². The number of fused-ring (bicyclic) bond motifs is 3. The number of thiophene rings is 1. The lowest BCUT2D eigenvalue weighted by molar-refractivity contribution is -0.922. The number of hydrogen-bond acceptors (Lipinski definition) is 6. The Morgan fingerprint density at radius 3 is 2.97 bits per heavy atom. The molecule has 1 saturated heterocycles. The molecule has 2 atom stereocenters. The van der Waals surface area contributed by atoms with Crippen LogP contribution in [-0.4, -0.2) is 36.3 Å². The maximum Gasteiger partial charge on any atom is 0.187 e. The van der Waals surface area contributed by atoms with Gasteiger partial charge in [0.2, 0.25) is 0 Å². The molecule has 2 N–H and O–H groups in total. The van der Waals surface area contributed by atoms with Crippen LogP contribution in [0.15, 0.2) is 22.8 Å². The monoisotopic (exact) mass is 413 g/mol. The SMILES string of the molecule is C[C@@H]1CCc2c(sc3nc(C[NH+]4CCOCC4)nc(N[C@H](C)c4ccco4)c23)C1. The van der Waals surface area contributed by atoms with Gasteiger partial charge in [0.25, 0.3) is 0 Å². The molecule has 0 saturated carbocycles. The smallest absolute Gasteiger partial charge is 0.187 e. The third kappa shape index (κ3) is 3.91. The minimum absolute atomic E-state index is 0.0600. The van der Waals surface area contributed by atoms with Crippen molar-refractivity contribution in [2.24, 2.45) is 5.92 Å². The second-order valence-electron chi connectivity index (χ2n) is 8.44. The summed E-state index contributed by atoms with van der Waals surface area (Å²) in [6.45, 7) is 9.01. The van der Waals surface area contributed by atoms with Crippen molar-refractivity contribution in [1.82, 2.24) is 9.97 Å². The van der Waals surface area contributed by atoms with Crippen molar-refractivity contribution < 1.29 is 14.1 Å². The van der Waals surface area contributed by atoms with Crippen LogP contribution in [0, 0.1) is 5.92 Å². The van der Waals surface area contributed by atoms with Crippen LogP contribution < -0.4 is 10.2 Å². The topological polar surface area (TPSA) is 64.6 Å². The highest BCUT2D eigenvalue weighted by Gasteiger charge is 2.26. The lowest BCUT2D eigenvalue weighted by atomic mass is 9.89. The Kier molecular flexibility index (Phi) is 5.28. The van der Waals surface area contributed by atoms with Crippen LogP contribution in [0.25, 0.3) is 10.2 Å². The molecule has 1 fully saturated rings. The van der Waals surface area contributed by atoms with Crippen molar-refractivity contribution in [1.29, 1.82) is 0 Å². The van der Waals surface area contributed by atoms with Crippen molar-refractivity contribution in [2.75, 3.05) is 31.6 Å². The quantitative estimate of drug-likeness (QED) is 0.673. The normalized spacial score (nSPS) is 21.2. The van der Waals surface area contributed by atoms with E-state index in [1.54, 1.807) is 6.26 Å². The summed E-state index contributed by atoms with van der Waals surface area (Å²) >= 11 is 1.87. The number of aromatic nitrogens is 2. The van der Waals surface area contributed by atoms with Gasteiger partial charge in [0.1, 0.15) is 36.0 Å². The fraction of sp³-hybridized carbons (Fsp3) is 0.545. The van der Waals surface area contributed by atoms with Crippen LogP contribution in [0.1, 0.15) is 48.3 Å². The van der Waals surface area contributed by atoms with E-state index in [9.17, 15) is 0 Å². The van der Waals surface area contributed by atoms with Crippen molar-refractivity contribution in [3.8, 4) is 0 Å². The summed E-state index contributed by atoms with van der Waals surface area (Å²) < 4.78 is 11.1. The summed E-state index contributed by atoms with van der Waals surface area (Å²) in [4.78, 5) is 14.2. The van der Waals surface area contributed by atoms with E-state index in [1.807, 2.05) is 23.5 Å². The van der Waals surface area contributed by atoms with Gasteiger partial charge in [0.05, 0.1) is 30.9 Å². The number of ether oxygens (including phenoxy) is 1. The second kappa shape index (κ2) is 8.05. The highest BCUT2D eigenvalue weighted by atomic mass is 32.1. The zero-order valence-corrected chi connectivity index (χ0v) is 18.0. The molecule has 3 aromatic heterocycles. The molecule has 3 aromatic rings.